The molecule has 134 valence electrons. The minimum Gasteiger partial charge on any atom is -0.496 e. The highest BCUT2D eigenvalue weighted by atomic mass is 35.5. The van der Waals surface area contributed by atoms with E-state index in [0.29, 0.717) is 16.3 Å². The first kappa shape index (κ1) is 19.1. The van der Waals surface area contributed by atoms with Gasteiger partial charge in [-0.1, -0.05) is 17.7 Å². The number of aryl methyl sites for hydroxylation is 1. The highest BCUT2D eigenvalue weighted by molar-refractivity contribution is 7.92. The third kappa shape index (κ3) is 4.24. The van der Waals surface area contributed by atoms with E-state index < -0.39 is 22.5 Å². The average Bonchev–Trinajstić information content (AvgIpc) is 2.59. The maximum Gasteiger partial charge on any atom is 0.326 e. The van der Waals surface area contributed by atoms with E-state index in [1.807, 2.05) is 0 Å². The van der Waals surface area contributed by atoms with Crippen molar-refractivity contribution in [3.05, 3.63) is 53.1 Å². The SMILES string of the molecule is COC(=O)CN(c1cccc(Cl)c1)S(=O)(=O)c1ccc(OC)c(C)c1. The van der Waals surface area contributed by atoms with Gasteiger partial charge in [-0.2, -0.15) is 0 Å². The highest BCUT2D eigenvalue weighted by Gasteiger charge is 2.28. The second kappa shape index (κ2) is 7.76. The first-order chi connectivity index (χ1) is 11.8. The lowest BCUT2D eigenvalue weighted by molar-refractivity contribution is -0.138. The molecule has 0 aliphatic heterocycles. The molecule has 0 bridgehead atoms. The number of hydrogen-bond donors (Lipinski definition) is 0. The summed E-state index contributed by atoms with van der Waals surface area (Å²) in [6.45, 7) is 1.27. The zero-order valence-corrected chi connectivity index (χ0v) is 15.6. The molecule has 0 saturated carbocycles. The van der Waals surface area contributed by atoms with Gasteiger partial charge in [-0.25, -0.2) is 8.42 Å². The first-order valence-electron chi connectivity index (χ1n) is 7.29. The van der Waals surface area contributed by atoms with Crippen LogP contribution >= 0.6 is 11.6 Å². The number of sulfonamides is 1. The predicted molar refractivity (Wildman–Crippen MR) is 95.7 cm³/mol. The van der Waals surface area contributed by atoms with Crippen molar-refractivity contribution in [1.82, 2.24) is 0 Å². The number of nitrogens with zero attached hydrogens (tertiary/aromatic N) is 1. The van der Waals surface area contributed by atoms with Crippen molar-refractivity contribution in [2.75, 3.05) is 25.1 Å². The molecule has 25 heavy (non-hydrogen) atoms. The lowest BCUT2D eigenvalue weighted by Crippen LogP contribution is -2.36. The second-order valence-corrected chi connectivity index (χ2v) is 7.50. The molecule has 0 spiro atoms. The third-order valence-corrected chi connectivity index (χ3v) is 5.56. The van der Waals surface area contributed by atoms with E-state index in [9.17, 15) is 13.2 Å². The molecule has 8 heteroatoms. The zero-order chi connectivity index (χ0) is 18.6. The minimum atomic E-state index is -4.01. The number of hydrogen-bond acceptors (Lipinski definition) is 5. The molecule has 0 aliphatic carbocycles. The largest absolute Gasteiger partial charge is 0.496 e. The Labute approximate surface area is 152 Å². The summed E-state index contributed by atoms with van der Waals surface area (Å²) in [6, 6.07) is 10.7. The quantitative estimate of drug-likeness (QED) is 0.717. The van der Waals surface area contributed by atoms with Gasteiger partial charge in [0.05, 0.1) is 24.8 Å². The molecular formula is C17H18ClNO5S. The number of rotatable bonds is 6. The molecular weight excluding hydrogens is 366 g/mol. The Balaban J connectivity index is 2.55. The fourth-order valence-electron chi connectivity index (χ4n) is 2.27. The normalized spacial score (nSPS) is 11.0. The molecule has 0 saturated heterocycles. The second-order valence-electron chi connectivity index (χ2n) is 5.20. The van der Waals surface area contributed by atoms with Gasteiger partial charge in [-0.3, -0.25) is 9.10 Å². The highest BCUT2D eigenvalue weighted by Crippen LogP contribution is 2.28. The van der Waals surface area contributed by atoms with Crippen LogP contribution in [0.5, 0.6) is 5.75 Å². The first-order valence-corrected chi connectivity index (χ1v) is 9.11. The predicted octanol–water partition coefficient (Wildman–Crippen LogP) is 3.03. The Morgan fingerprint density at radius 1 is 1.16 bits per heavy atom. The van der Waals surface area contributed by atoms with Gasteiger partial charge in [-0.15, -0.1) is 0 Å². The number of esters is 1. The monoisotopic (exact) mass is 383 g/mol. The molecule has 0 aromatic heterocycles. The van der Waals surface area contributed by atoms with Crippen molar-refractivity contribution in [2.24, 2.45) is 0 Å². The summed E-state index contributed by atoms with van der Waals surface area (Å²) >= 11 is 5.97. The fraction of sp³-hybridized carbons (Fsp3) is 0.235. The van der Waals surface area contributed by atoms with E-state index in [2.05, 4.69) is 4.74 Å². The standard InChI is InChI=1S/C17H18ClNO5S/c1-12-9-15(7-8-16(12)23-2)25(21,22)19(11-17(20)24-3)14-6-4-5-13(18)10-14/h4-10H,11H2,1-3H3. The summed E-state index contributed by atoms with van der Waals surface area (Å²) in [7, 11) is -1.30. The van der Waals surface area contributed by atoms with Gasteiger partial charge in [0.15, 0.2) is 0 Å². The van der Waals surface area contributed by atoms with E-state index in [4.69, 9.17) is 16.3 Å². The number of carbonyl (C=O) groups excluding carboxylic acids is 1. The van der Waals surface area contributed by atoms with Crippen LogP contribution in [0.4, 0.5) is 5.69 Å². The van der Waals surface area contributed by atoms with E-state index in [1.165, 1.54) is 32.4 Å². The van der Waals surface area contributed by atoms with E-state index in [-0.39, 0.29) is 10.6 Å². The lowest BCUT2D eigenvalue weighted by atomic mass is 10.2. The van der Waals surface area contributed by atoms with Crippen LogP contribution in [0.2, 0.25) is 5.02 Å². The molecule has 0 aliphatic rings. The number of carbonyl (C=O) groups is 1. The molecule has 0 N–H and O–H groups in total. The van der Waals surface area contributed by atoms with Gasteiger partial charge in [0.1, 0.15) is 12.3 Å². The van der Waals surface area contributed by atoms with Crippen LogP contribution in [-0.2, 0) is 19.6 Å². The van der Waals surface area contributed by atoms with E-state index >= 15 is 0 Å². The van der Waals surface area contributed by atoms with Crippen LogP contribution in [0.15, 0.2) is 47.4 Å². The molecule has 0 unspecified atom stereocenters. The summed E-state index contributed by atoms with van der Waals surface area (Å²) < 4.78 is 36.9. The van der Waals surface area contributed by atoms with Gasteiger partial charge in [0, 0.05) is 5.02 Å². The number of ether oxygens (including phenoxy) is 2. The van der Waals surface area contributed by atoms with Crippen LogP contribution in [0, 0.1) is 6.92 Å². The molecule has 0 amide bonds. The maximum absolute atomic E-state index is 13.1. The Bertz CT molecular complexity index is 882. The van der Waals surface area contributed by atoms with E-state index in [0.717, 1.165) is 4.31 Å². The van der Waals surface area contributed by atoms with Gasteiger partial charge >= 0.3 is 5.97 Å². The molecule has 0 radical (unpaired) electrons. The minimum absolute atomic E-state index is 0.0367. The Morgan fingerprint density at radius 3 is 2.44 bits per heavy atom. The molecule has 0 fully saturated rings. The van der Waals surface area contributed by atoms with Crippen molar-refractivity contribution >= 4 is 33.3 Å². The summed E-state index contributed by atoms with van der Waals surface area (Å²) in [5.41, 5.74) is 0.930. The number of benzene rings is 2. The number of anilines is 1. The van der Waals surface area contributed by atoms with Crippen molar-refractivity contribution in [3.8, 4) is 5.75 Å². The van der Waals surface area contributed by atoms with Crippen molar-refractivity contribution in [3.63, 3.8) is 0 Å². The van der Waals surface area contributed by atoms with Crippen molar-refractivity contribution in [2.45, 2.75) is 11.8 Å². The Morgan fingerprint density at radius 2 is 1.88 bits per heavy atom. The summed E-state index contributed by atoms with van der Waals surface area (Å²) in [5, 5.41) is 0.355. The van der Waals surface area contributed by atoms with E-state index in [1.54, 1.807) is 31.2 Å². The zero-order valence-electron chi connectivity index (χ0n) is 14.0. The van der Waals surface area contributed by atoms with Crippen LogP contribution < -0.4 is 9.04 Å². The summed E-state index contributed by atoms with van der Waals surface area (Å²) in [6.07, 6.45) is 0. The van der Waals surface area contributed by atoms with Gasteiger partial charge in [0.25, 0.3) is 10.0 Å². The van der Waals surface area contributed by atoms with Gasteiger partial charge in [-0.05, 0) is 48.9 Å². The average molecular weight is 384 g/mol. The Kier molecular flexibility index (Phi) is 5.92. The Hall–Kier alpha value is -2.25. The molecule has 2 rings (SSSR count). The maximum atomic E-state index is 13.1. The molecule has 2 aromatic rings. The molecule has 6 nitrogen and oxygen atoms in total. The van der Waals surface area contributed by atoms with Crippen LogP contribution in [0.3, 0.4) is 0 Å². The van der Waals surface area contributed by atoms with Crippen LogP contribution in [0.1, 0.15) is 5.56 Å². The number of halogens is 1. The lowest BCUT2D eigenvalue weighted by Gasteiger charge is -2.24. The van der Waals surface area contributed by atoms with Crippen LogP contribution in [0.25, 0.3) is 0 Å². The van der Waals surface area contributed by atoms with Gasteiger partial charge < -0.3 is 9.47 Å². The van der Waals surface area contributed by atoms with Crippen LogP contribution in [-0.4, -0.2) is 35.2 Å². The third-order valence-electron chi connectivity index (χ3n) is 3.55. The molecule has 0 atom stereocenters. The van der Waals surface area contributed by atoms with Gasteiger partial charge in [0.2, 0.25) is 0 Å². The molecule has 2 aromatic carbocycles. The fourth-order valence-corrected chi connectivity index (χ4v) is 3.94. The number of methoxy groups -OCH3 is 2. The topological polar surface area (TPSA) is 72.9 Å². The molecule has 0 heterocycles. The summed E-state index contributed by atoms with van der Waals surface area (Å²) in [4.78, 5) is 11.8. The smallest absolute Gasteiger partial charge is 0.326 e. The van der Waals surface area contributed by atoms with Crippen molar-refractivity contribution in [1.29, 1.82) is 0 Å². The van der Waals surface area contributed by atoms with Crippen molar-refractivity contribution < 1.29 is 22.7 Å². The summed E-state index contributed by atoms with van der Waals surface area (Å²) in [5.74, 6) is -0.116.